The molecule has 0 fully saturated rings. The zero-order valence-corrected chi connectivity index (χ0v) is 11.3. The topological polar surface area (TPSA) is 82.9 Å². The third-order valence-corrected chi connectivity index (χ3v) is 3.32. The number of fused-ring (bicyclic) bond motifs is 1. The Morgan fingerprint density at radius 1 is 1.05 bits per heavy atom. The van der Waals surface area contributed by atoms with E-state index in [1.54, 1.807) is 24.5 Å². The summed E-state index contributed by atoms with van der Waals surface area (Å²) in [5.41, 5.74) is 5.85. The molecule has 0 radical (unpaired) electrons. The Balaban J connectivity index is 1.92. The molecule has 2 aromatic heterocycles. The Bertz CT molecular complexity index is 911. The smallest absolute Gasteiger partial charge is 0.274 e. The number of nitrogens with zero attached hydrogens (tertiary/aromatic N) is 3. The van der Waals surface area contributed by atoms with Crippen LogP contribution in [0.1, 0.15) is 0 Å². The average Bonchev–Trinajstić information content (AvgIpc) is 2.50. The molecule has 0 amide bonds. The summed E-state index contributed by atoms with van der Waals surface area (Å²) in [6.45, 7) is 0.655. The number of hydrogen-bond acceptors (Lipinski definition) is 4. The van der Waals surface area contributed by atoms with Crippen LogP contribution in [0.4, 0.5) is 5.69 Å². The van der Waals surface area contributed by atoms with Crippen LogP contribution < -0.4 is 16.9 Å². The van der Waals surface area contributed by atoms with Crippen LogP contribution in [0, 0.1) is 0 Å². The molecule has 0 atom stereocenters. The fraction of sp³-hybridized carbons (Fsp3) is 0.133. The number of aromatic nitrogens is 3. The number of nitrogens with two attached hydrogens (primary N) is 1. The van der Waals surface area contributed by atoms with Crippen LogP contribution in [0.3, 0.4) is 0 Å². The van der Waals surface area contributed by atoms with E-state index in [0.29, 0.717) is 24.2 Å². The lowest BCUT2D eigenvalue weighted by atomic mass is 10.2. The summed E-state index contributed by atoms with van der Waals surface area (Å²) in [5.74, 6) is 0. The van der Waals surface area contributed by atoms with E-state index in [4.69, 9.17) is 5.73 Å². The number of nitrogen functional groups attached to an aromatic ring is 1. The van der Waals surface area contributed by atoms with E-state index in [9.17, 15) is 9.59 Å². The Morgan fingerprint density at radius 2 is 1.86 bits per heavy atom. The average molecular weight is 282 g/mol. The van der Waals surface area contributed by atoms with Gasteiger partial charge in [-0.05, 0) is 12.1 Å². The summed E-state index contributed by atoms with van der Waals surface area (Å²) < 4.78 is 2.83. The van der Waals surface area contributed by atoms with Gasteiger partial charge in [0.15, 0.2) is 0 Å². The number of benzene rings is 1. The molecular formula is C15H14N4O2. The first-order valence-electron chi connectivity index (χ1n) is 6.56. The number of aryl methyl sites for hydroxylation is 2. The standard InChI is InChI=1S/C15H14N4O2/c16-12-5-6-14(20)18(10-12)7-8-19-15(21)13-4-2-1-3-11(13)9-17-19/h1-6,9-10H,7-8,16H2. The van der Waals surface area contributed by atoms with Crippen molar-refractivity contribution in [2.45, 2.75) is 13.1 Å². The molecule has 6 heteroatoms. The largest absolute Gasteiger partial charge is 0.398 e. The molecule has 0 bridgehead atoms. The first-order chi connectivity index (χ1) is 10.1. The number of anilines is 1. The maximum absolute atomic E-state index is 12.3. The van der Waals surface area contributed by atoms with E-state index in [-0.39, 0.29) is 11.1 Å². The highest BCUT2D eigenvalue weighted by Gasteiger charge is 2.04. The monoisotopic (exact) mass is 282 g/mol. The van der Waals surface area contributed by atoms with Crippen LogP contribution in [0.15, 0.2) is 58.4 Å². The number of rotatable bonds is 3. The zero-order chi connectivity index (χ0) is 14.8. The van der Waals surface area contributed by atoms with Gasteiger partial charge in [-0.1, -0.05) is 18.2 Å². The molecule has 0 aliphatic heterocycles. The summed E-state index contributed by atoms with van der Waals surface area (Å²) >= 11 is 0. The predicted molar refractivity (Wildman–Crippen MR) is 81.1 cm³/mol. The van der Waals surface area contributed by atoms with Gasteiger partial charge in [0.1, 0.15) is 0 Å². The molecule has 2 heterocycles. The summed E-state index contributed by atoms with van der Waals surface area (Å²) in [6.07, 6.45) is 3.22. The fourth-order valence-corrected chi connectivity index (χ4v) is 2.21. The van der Waals surface area contributed by atoms with E-state index >= 15 is 0 Å². The van der Waals surface area contributed by atoms with Crippen LogP contribution in [-0.2, 0) is 13.1 Å². The molecule has 3 rings (SSSR count). The highest BCUT2D eigenvalue weighted by molar-refractivity contribution is 5.80. The number of pyridine rings is 1. The number of hydrogen-bond donors (Lipinski definition) is 1. The molecule has 0 aliphatic rings. The lowest BCUT2D eigenvalue weighted by molar-refractivity contribution is 0.506. The SMILES string of the molecule is Nc1ccc(=O)n(CCn2ncc3ccccc3c2=O)c1. The van der Waals surface area contributed by atoms with Gasteiger partial charge < -0.3 is 10.3 Å². The van der Waals surface area contributed by atoms with Crippen molar-refractivity contribution in [3.05, 3.63) is 69.5 Å². The van der Waals surface area contributed by atoms with Gasteiger partial charge in [0.2, 0.25) is 0 Å². The molecular weight excluding hydrogens is 268 g/mol. The van der Waals surface area contributed by atoms with Crippen LogP contribution in [0.5, 0.6) is 0 Å². The molecule has 3 aromatic rings. The summed E-state index contributed by atoms with van der Waals surface area (Å²) in [5, 5.41) is 5.55. The van der Waals surface area contributed by atoms with Gasteiger partial charge in [0, 0.05) is 29.9 Å². The highest BCUT2D eigenvalue weighted by Crippen LogP contribution is 2.06. The normalized spacial score (nSPS) is 10.9. The first kappa shape index (κ1) is 13.1. The molecule has 1 aromatic carbocycles. The van der Waals surface area contributed by atoms with Crippen LogP contribution >= 0.6 is 0 Å². The van der Waals surface area contributed by atoms with Crippen molar-refractivity contribution in [1.82, 2.24) is 14.3 Å². The van der Waals surface area contributed by atoms with Crippen molar-refractivity contribution in [2.24, 2.45) is 0 Å². The predicted octanol–water partition coefficient (Wildman–Crippen LogP) is 0.841. The molecule has 0 saturated carbocycles. The van der Waals surface area contributed by atoms with Gasteiger partial charge in [-0.2, -0.15) is 5.10 Å². The second-order valence-electron chi connectivity index (χ2n) is 4.75. The maximum atomic E-state index is 12.3. The van der Waals surface area contributed by atoms with E-state index in [1.165, 1.54) is 15.3 Å². The van der Waals surface area contributed by atoms with E-state index in [0.717, 1.165) is 5.39 Å². The van der Waals surface area contributed by atoms with Crippen molar-refractivity contribution in [3.63, 3.8) is 0 Å². The molecule has 0 unspecified atom stereocenters. The van der Waals surface area contributed by atoms with Crippen molar-refractivity contribution in [1.29, 1.82) is 0 Å². The Kier molecular flexibility index (Phi) is 3.27. The quantitative estimate of drug-likeness (QED) is 0.771. The van der Waals surface area contributed by atoms with E-state index in [2.05, 4.69) is 5.10 Å². The molecule has 6 nitrogen and oxygen atoms in total. The third kappa shape index (κ3) is 2.55. The van der Waals surface area contributed by atoms with Gasteiger partial charge in [0.05, 0.1) is 18.1 Å². The minimum Gasteiger partial charge on any atom is -0.398 e. The van der Waals surface area contributed by atoms with Crippen molar-refractivity contribution in [3.8, 4) is 0 Å². The van der Waals surface area contributed by atoms with Crippen LogP contribution in [0.2, 0.25) is 0 Å². The maximum Gasteiger partial charge on any atom is 0.274 e. The van der Waals surface area contributed by atoms with Crippen molar-refractivity contribution < 1.29 is 0 Å². The zero-order valence-electron chi connectivity index (χ0n) is 11.3. The van der Waals surface area contributed by atoms with Crippen molar-refractivity contribution in [2.75, 3.05) is 5.73 Å². The molecule has 21 heavy (non-hydrogen) atoms. The van der Waals surface area contributed by atoms with Crippen LogP contribution in [0.25, 0.3) is 10.8 Å². The first-order valence-corrected chi connectivity index (χ1v) is 6.56. The van der Waals surface area contributed by atoms with Gasteiger partial charge in [0.25, 0.3) is 11.1 Å². The third-order valence-electron chi connectivity index (χ3n) is 3.32. The van der Waals surface area contributed by atoms with Gasteiger partial charge in [-0.25, -0.2) is 4.68 Å². The summed E-state index contributed by atoms with van der Waals surface area (Å²) in [7, 11) is 0. The van der Waals surface area contributed by atoms with E-state index < -0.39 is 0 Å². The fourth-order valence-electron chi connectivity index (χ4n) is 2.21. The molecule has 0 saturated heterocycles. The highest BCUT2D eigenvalue weighted by atomic mass is 16.1. The lowest BCUT2D eigenvalue weighted by Gasteiger charge is -2.08. The van der Waals surface area contributed by atoms with Gasteiger partial charge in [-0.3, -0.25) is 9.59 Å². The van der Waals surface area contributed by atoms with Crippen LogP contribution in [-0.4, -0.2) is 14.3 Å². The van der Waals surface area contributed by atoms with Crippen molar-refractivity contribution >= 4 is 16.5 Å². The summed E-state index contributed by atoms with van der Waals surface area (Å²) in [4.78, 5) is 24.0. The Hall–Kier alpha value is -2.89. The minimum absolute atomic E-state index is 0.155. The second kappa shape index (κ2) is 5.24. The second-order valence-corrected chi connectivity index (χ2v) is 4.75. The van der Waals surface area contributed by atoms with Gasteiger partial charge >= 0.3 is 0 Å². The minimum atomic E-state index is -0.162. The molecule has 106 valence electrons. The summed E-state index contributed by atoms with van der Waals surface area (Å²) in [6, 6.07) is 10.3. The van der Waals surface area contributed by atoms with Gasteiger partial charge in [-0.15, -0.1) is 0 Å². The molecule has 2 N–H and O–H groups in total. The van der Waals surface area contributed by atoms with E-state index in [1.807, 2.05) is 18.2 Å². The Morgan fingerprint density at radius 3 is 2.71 bits per heavy atom. The Labute approximate surface area is 120 Å². The lowest BCUT2D eigenvalue weighted by Crippen LogP contribution is -2.28. The molecule has 0 spiro atoms. The molecule has 0 aliphatic carbocycles.